The van der Waals surface area contributed by atoms with Crippen molar-refractivity contribution in [1.29, 1.82) is 0 Å². The summed E-state index contributed by atoms with van der Waals surface area (Å²) in [5.41, 5.74) is 2.81. The maximum absolute atomic E-state index is 12.0. The Kier molecular flexibility index (Phi) is 7.31. The molecule has 2 unspecified atom stereocenters. The van der Waals surface area contributed by atoms with E-state index in [4.69, 9.17) is 4.74 Å². The number of hydrogen-bond donors (Lipinski definition) is 2. The Morgan fingerprint density at radius 3 is 2.25 bits per heavy atom. The van der Waals surface area contributed by atoms with Gasteiger partial charge in [0.1, 0.15) is 5.75 Å². The van der Waals surface area contributed by atoms with Gasteiger partial charge in [-0.05, 0) is 40.5 Å². The van der Waals surface area contributed by atoms with Gasteiger partial charge in [0.15, 0.2) is 6.23 Å². The summed E-state index contributed by atoms with van der Waals surface area (Å²) >= 11 is 0. The van der Waals surface area contributed by atoms with Gasteiger partial charge in [0, 0.05) is 31.6 Å². The van der Waals surface area contributed by atoms with Crippen molar-refractivity contribution < 1.29 is 14.6 Å². The molecule has 5 nitrogen and oxygen atoms in total. The first-order valence-electron chi connectivity index (χ1n) is 12.6. The average Bonchev–Trinajstić information content (AvgIpc) is 2.93. The predicted octanol–water partition coefficient (Wildman–Crippen LogP) is 5.76. The molecule has 0 amide bonds. The van der Waals surface area contributed by atoms with Crippen LogP contribution in [0.5, 0.6) is 5.75 Å². The van der Waals surface area contributed by atoms with E-state index in [0.717, 1.165) is 36.8 Å². The molecule has 0 bridgehead atoms. The summed E-state index contributed by atoms with van der Waals surface area (Å²) in [5, 5.41) is 15.0. The molecule has 4 aromatic carbocycles. The lowest BCUT2D eigenvalue weighted by atomic mass is 9.83. The number of fused-ring (bicyclic) bond motifs is 1. The fourth-order valence-corrected chi connectivity index (χ4v) is 5.44. The molecule has 0 spiro atoms. The van der Waals surface area contributed by atoms with Crippen molar-refractivity contribution in [3.63, 3.8) is 0 Å². The number of carboxylic acids is 1. The molecule has 0 saturated carbocycles. The lowest BCUT2D eigenvalue weighted by Crippen LogP contribution is -2.58. The molecule has 5 rings (SSSR count). The largest absolute Gasteiger partial charge is 0.478 e. The van der Waals surface area contributed by atoms with E-state index in [2.05, 4.69) is 77.8 Å². The number of ether oxygens (including phenoxy) is 1. The van der Waals surface area contributed by atoms with Crippen LogP contribution in [0.4, 0.5) is 0 Å². The van der Waals surface area contributed by atoms with Crippen LogP contribution >= 0.6 is 0 Å². The van der Waals surface area contributed by atoms with E-state index >= 15 is 0 Å². The van der Waals surface area contributed by atoms with E-state index in [9.17, 15) is 9.90 Å². The Labute approximate surface area is 212 Å². The zero-order chi connectivity index (χ0) is 24.9. The minimum atomic E-state index is -0.946. The van der Waals surface area contributed by atoms with Gasteiger partial charge < -0.3 is 15.2 Å². The summed E-state index contributed by atoms with van der Waals surface area (Å²) in [6.07, 6.45) is 0.594. The van der Waals surface area contributed by atoms with Crippen molar-refractivity contribution in [2.75, 3.05) is 19.6 Å². The van der Waals surface area contributed by atoms with Gasteiger partial charge in [0.05, 0.1) is 5.56 Å². The van der Waals surface area contributed by atoms with E-state index in [1.807, 2.05) is 30.3 Å². The van der Waals surface area contributed by atoms with Crippen molar-refractivity contribution in [3.8, 4) is 5.75 Å². The Hall–Kier alpha value is -3.67. The molecule has 184 valence electrons. The second-order valence-corrected chi connectivity index (χ2v) is 9.29. The monoisotopic (exact) mass is 480 g/mol. The fraction of sp³-hybridized carbons (Fsp3) is 0.258. The zero-order valence-corrected chi connectivity index (χ0v) is 20.5. The van der Waals surface area contributed by atoms with Crippen LogP contribution in [0.3, 0.4) is 0 Å². The van der Waals surface area contributed by atoms with Crippen LogP contribution in [-0.4, -0.2) is 47.9 Å². The van der Waals surface area contributed by atoms with Gasteiger partial charge in [-0.1, -0.05) is 91.9 Å². The molecule has 0 aromatic heterocycles. The van der Waals surface area contributed by atoms with Crippen molar-refractivity contribution in [1.82, 2.24) is 10.2 Å². The molecule has 0 aliphatic carbocycles. The number of piperazine rings is 1. The zero-order valence-electron chi connectivity index (χ0n) is 20.5. The second-order valence-electron chi connectivity index (χ2n) is 9.29. The van der Waals surface area contributed by atoms with E-state index < -0.39 is 5.97 Å². The average molecular weight is 481 g/mol. The SMILES string of the molecule is CCC(Oc1cc(C(=O)O)c2ccccc2c1)N1CCNCC1C(c1ccccc1)c1ccccc1. The standard InChI is InChI=1S/C31H32N2O3/c1-2-29(36-25-19-24-15-9-10-16-26(24)27(20-25)31(34)35)33-18-17-32-21-28(33)30(22-11-5-3-6-12-22)23-13-7-4-8-14-23/h3-16,19-20,28-30,32H,2,17-18,21H2,1H3,(H,34,35). The van der Waals surface area contributed by atoms with Gasteiger partial charge in [-0.2, -0.15) is 0 Å². The first kappa shape index (κ1) is 24.0. The first-order chi connectivity index (χ1) is 17.7. The summed E-state index contributed by atoms with van der Waals surface area (Å²) < 4.78 is 6.59. The van der Waals surface area contributed by atoms with Gasteiger partial charge in [-0.3, -0.25) is 4.90 Å². The third kappa shape index (κ3) is 4.99. The van der Waals surface area contributed by atoms with E-state index in [1.165, 1.54) is 11.1 Å². The van der Waals surface area contributed by atoms with Crippen LogP contribution in [0.1, 0.15) is 40.7 Å². The van der Waals surface area contributed by atoms with Crippen LogP contribution in [0.15, 0.2) is 97.1 Å². The molecule has 1 aliphatic rings. The maximum Gasteiger partial charge on any atom is 0.336 e. The third-order valence-electron chi connectivity index (χ3n) is 7.09. The number of benzene rings is 4. The number of aromatic carboxylic acids is 1. The number of nitrogens with zero attached hydrogens (tertiary/aromatic N) is 1. The molecule has 5 heteroatoms. The highest BCUT2D eigenvalue weighted by Gasteiger charge is 2.36. The van der Waals surface area contributed by atoms with Crippen LogP contribution in [0, 0.1) is 0 Å². The van der Waals surface area contributed by atoms with E-state index in [-0.39, 0.29) is 23.8 Å². The molecule has 0 radical (unpaired) electrons. The molecule has 1 heterocycles. The lowest BCUT2D eigenvalue weighted by molar-refractivity contribution is -0.0237. The number of carbonyl (C=O) groups is 1. The first-order valence-corrected chi connectivity index (χ1v) is 12.6. The van der Waals surface area contributed by atoms with Crippen LogP contribution in [0.2, 0.25) is 0 Å². The molecular formula is C31H32N2O3. The topological polar surface area (TPSA) is 61.8 Å². The Balaban J connectivity index is 1.51. The normalized spacial score (nSPS) is 17.2. The molecule has 1 saturated heterocycles. The van der Waals surface area contributed by atoms with Crippen LogP contribution in [-0.2, 0) is 0 Å². The maximum atomic E-state index is 12.0. The fourth-order valence-electron chi connectivity index (χ4n) is 5.44. The smallest absolute Gasteiger partial charge is 0.336 e. The Morgan fingerprint density at radius 2 is 1.61 bits per heavy atom. The molecular weight excluding hydrogens is 448 g/mol. The van der Waals surface area contributed by atoms with Crippen molar-refractivity contribution in [3.05, 3.63) is 114 Å². The van der Waals surface area contributed by atoms with Gasteiger partial charge in [0.25, 0.3) is 0 Å². The second kappa shape index (κ2) is 10.9. The number of rotatable bonds is 8. The van der Waals surface area contributed by atoms with Crippen molar-refractivity contribution in [2.45, 2.75) is 31.5 Å². The molecule has 2 atom stereocenters. The van der Waals surface area contributed by atoms with Gasteiger partial charge in [-0.15, -0.1) is 0 Å². The van der Waals surface area contributed by atoms with Crippen molar-refractivity contribution >= 4 is 16.7 Å². The Bertz CT molecular complexity index is 1270. The van der Waals surface area contributed by atoms with Crippen LogP contribution < -0.4 is 10.1 Å². The predicted molar refractivity (Wildman–Crippen MR) is 144 cm³/mol. The summed E-state index contributed by atoms with van der Waals surface area (Å²) in [6.45, 7) is 4.69. The highest BCUT2D eigenvalue weighted by molar-refractivity contribution is 6.04. The van der Waals surface area contributed by atoms with Gasteiger partial charge >= 0.3 is 5.97 Å². The quantitative estimate of drug-likeness (QED) is 0.336. The van der Waals surface area contributed by atoms with Gasteiger partial charge in [0.2, 0.25) is 0 Å². The number of carboxylic acid groups (broad SMARTS) is 1. The highest BCUT2D eigenvalue weighted by Crippen LogP contribution is 2.34. The highest BCUT2D eigenvalue weighted by atomic mass is 16.5. The van der Waals surface area contributed by atoms with Gasteiger partial charge in [-0.25, -0.2) is 4.79 Å². The molecule has 1 fully saturated rings. The minimum Gasteiger partial charge on any atom is -0.478 e. The molecule has 1 aliphatic heterocycles. The summed E-state index contributed by atoms with van der Waals surface area (Å²) in [4.78, 5) is 14.5. The summed E-state index contributed by atoms with van der Waals surface area (Å²) in [7, 11) is 0. The van der Waals surface area contributed by atoms with E-state index in [1.54, 1.807) is 6.07 Å². The minimum absolute atomic E-state index is 0.170. The lowest BCUT2D eigenvalue weighted by Gasteiger charge is -2.44. The van der Waals surface area contributed by atoms with E-state index in [0.29, 0.717) is 5.75 Å². The molecule has 2 N–H and O–H groups in total. The summed E-state index contributed by atoms with van der Waals surface area (Å²) in [5.74, 6) is -0.187. The number of hydrogen-bond acceptors (Lipinski definition) is 4. The third-order valence-corrected chi connectivity index (χ3v) is 7.09. The number of nitrogens with one attached hydrogen (secondary N) is 1. The molecule has 36 heavy (non-hydrogen) atoms. The van der Waals surface area contributed by atoms with Crippen molar-refractivity contribution in [2.24, 2.45) is 0 Å². The van der Waals surface area contributed by atoms with Crippen LogP contribution in [0.25, 0.3) is 10.8 Å². The Morgan fingerprint density at radius 1 is 0.972 bits per heavy atom. The molecule has 4 aromatic rings. The summed E-state index contributed by atoms with van der Waals surface area (Å²) in [6, 6.07) is 32.7.